The average Bonchev–Trinajstić information content (AvgIpc) is 2.89. The summed E-state index contributed by atoms with van der Waals surface area (Å²) in [7, 11) is 0. The monoisotopic (exact) mass is 279 g/mol. The minimum Gasteiger partial charge on any atom is -0.481 e. The Kier molecular flexibility index (Phi) is 5.24. The molecule has 0 aromatic heterocycles. The molecule has 5 heteroatoms. The van der Waals surface area contributed by atoms with Gasteiger partial charge in [-0.25, -0.2) is 0 Å². The number of unbranched alkanes of at least 4 members (excludes halogenated alkanes) is 1. The molecule has 0 atom stereocenters. The molecule has 0 aliphatic carbocycles. The standard InChI is InChI=1S/C15H21NO4/c1-2-16(8-4-3-5-15(17)18)10-12-6-7-13-14(9-12)20-11-19-13/h6-7,9H,2-5,8,10-11H2,1H3,(H,17,18). The second kappa shape index (κ2) is 7.14. The molecule has 1 heterocycles. The molecule has 1 N–H and O–H groups in total. The number of carbonyl (C=O) groups is 1. The molecule has 0 fully saturated rings. The molecule has 20 heavy (non-hydrogen) atoms. The summed E-state index contributed by atoms with van der Waals surface area (Å²) in [4.78, 5) is 12.8. The highest BCUT2D eigenvalue weighted by Crippen LogP contribution is 2.32. The van der Waals surface area contributed by atoms with Gasteiger partial charge in [0.25, 0.3) is 0 Å². The van der Waals surface area contributed by atoms with E-state index in [1.54, 1.807) is 0 Å². The highest BCUT2D eigenvalue weighted by molar-refractivity contribution is 5.66. The molecule has 0 spiro atoms. The Labute approximate surface area is 119 Å². The van der Waals surface area contributed by atoms with Crippen molar-refractivity contribution in [3.05, 3.63) is 23.8 Å². The molecule has 0 saturated carbocycles. The zero-order valence-corrected chi connectivity index (χ0v) is 11.8. The summed E-state index contributed by atoms with van der Waals surface area (Å²) >= 11 is 0. The van der Waals surface area contributed by atoms with Crippen LogP contribution < -0.4 is 9.47 Å². The van der Waals surface area contributed by atoms with E-state index in [1.165, 1.54) is 5.56 Å². The molecule has 5 nitrogen and oxygen atoms in total. The first-order chi connectivity index (χ1) is 9.69. The maximum absolute atomic E-state index is 10.5. The van der Waals surface area contributed by atoms with Gasteiger partial charge in [-0.05, 0) is 43.6 Å². The first kappa shape index (κ1) is 14.7. The average molecular weight is 279 g/mol. The van der Waals surface area contributed by atoms with Crippen molar-refractivity contribution in [2.75, 3.05) is 19.9 Å². The summed E-state index contributed by atoms with van der Waals surface area (Å²) < 4.78 is 10.7. The predicted molar refractivity (Wildman–Crippen MR) is 75.0 cm³/mol. The summed E-state index contributed by atoms with van der Waals surface area (Å²) in [5, 5.41) is 8.62. The zero-order valence-electron chi connectivity index (χ0n) is 11.8. The third-order valence-electron chi connectivity index (χ3n) is 3.41. The number of rotatable bonds is 8. The number of nitrogens with zero attached hydrogens (tertiary/aromatic N) is 1. The van der Waals surface area contributed by atoms with E-state index in [1.807, 2.05) is 18.2 Å². The van der Waals surface area contributed by atoms with Crippen molar-refractivity contribution < 1.29 is 19.4 Å². The summed E-state index contributed by atoms with van der Waals surface area (Å²) in [6.07, 6.45) is 1.89. The molecule has 110 valence electrons. The topological polar surface area (TPSA) is 59.0 Å². The summed E-state index contributed by atoms with van der Waals surface area (Å²) in [6, 6.07) is 6.01. The minimum atomic E-state index is -0.719. The maximum Gasteiger partial charge on any atom is 0.303 e. The van der Waals surface area contributed by atoms with Crippen LogP contribution in [0, 0.1) is 0 Å². The van der Waals surface area contributed by atoms with E-state index >= 15 is 0 Å². The van der Waals surface area contributed by atoms with E-state index in [0.717, 1.165) is 44.0 Å². The minimum absolute atomic E-state index is 0.252. The Morgan fingerprint density at radius 1 is 1.30 bits per heavy atom. The lowest BCUT2D eigenvalue weighted by atomic mass is 10.1. The lowest BCUT2D eigenvalue weighted by Gasteiger charge is -2.20. The van der Waals surface area contributed by atoms with Crippen molar-refractivity contribution >= 4 is 5.97 Å². The molecule has 2 rings (SSSR count). The summed E-state index contributed by atoms with van der Waals surface area (Å²) in [6.45, 7) is 5.12. The van der Waals surface area contributed by atoms with Gasteiger partial charge in [0.2, 0.25) is 6.79 Å². The molecule has 0 saturated heterocycles. The van der Waals surface area contributed by atoms with Gasteiger partial charge < -0.3 is 14.6 Å². The first-order valence-electron chi connectivity index (χ1n) is 7.01. The Morgan fingerprint density at radius 3 is 2.85 bits per heavy atom. The number of ether oxygens (including phenoxy) is 2. The van der Waals surface area contributed by atoms with Crippen LogP contribution >= 0.6 is 0 Å². The van der Waals surface area contributed by atoms with Crippen LogP contribution in [0.15, 0.2) is 18.2 Å². The first-order valence-corrected chi connectivity index (χ1v) is 7.01. The molecule has 1 aromatic carbocycles. The van der Waals surface area contributed by atoms with Gasteiger partial charge >= 0.3 is 5.97 Å². The Bertz CT molecular complexity index is 461. The maximum atomic E-state index is 10.5. The molecule has 1 aromatic rings. The Morgan fingerprint density at radius 2 is 2.10 bits per heavy atom. The van der Waals surface area contributed by atoms with Crippen LogP contribution in [0.4, 0.5) is 0 Å². The molecular weight excluding hydrogens is 258 g/mol. The van der Waals surface area contributed by atoms with Crippen molar-refractivity contribution in [1.29, 1.82) is 0 Å². The van der Waals surface area contributed by atoms with Crippen LogP contribution in [-0.2, 0) is 11.3 Å². The van der Waals surface area contributed by atoms with Crippen molar-refractivity contribution in [2.24, 2.45) is 0 Å². The number of hydrogen-bond acceptors (Lipinski definition) is 4. The summed E-state index contributed by atoms with van der Waals surface area (Å²) in [5.74, 6) is 0.895. The van der Waals surface area contributed by atoms with Crippen molar-refractivity contribution in [2.45, 2.75) is 32.7 Å². The third-order valence-corrected chi connectivity index (χ3v) is 3.41. The van der Waals surface area contributed by atoms with Crippen LogP contribution in [0.5, 0.6) is 11.5 Å². The molecule has 1 aliphatic heterocycles. The number of hydrogen-bond donors (Lipinski definition) is 1. The summed E-state index contributed by atoms with van der Waals surface area (Å²) in [5.41, 5.74) is 1.19. The van der Waals surface area contributed by atoms with Crippen LogP contribution in [0.2, 0.25) is 0 Å². The molecule has 0 radical (unpaired) electrons. The molecular formula is C15H21NO4. The molecule has 0 bridgehead atoms. The van der Waals surface area contributed by atoms with Gasteiger partial charge in [0.15, 0.2) is 11.5 Å². The smallest absolute Gasteiger partial charge is 0.303 e. The highest BCUT2D eigenvalue weighted by Gasteiger charge is 2.14. The largest absolute Gasteiger partial charge is 0.481 e. The fourth-order valence-electron chi connectivity index (χ4n) is 2.26. The molecule has 0 unspecified atom stereocenters. The van der Waals surface area contributed by atoms with E-state index in [2.05, 4.69) is 11.8 Å². The predicted octanol–water partition coefficient (Wildman–Crippen LogP) is 2.49. The van der Waals surface area contributed by atoms with E-state index < -0.39 is 5.97 Å². The third kappa shape index (κ3) is 4.13. The van der Waals surface area contributed by atoms with Gasteiger partial charge in [0, 0.05) is 13.0 Å². The van der Waals surface area contributed by atoms with E-state index in [4.69, 9.17) is 14.6 Å². The van der Waals surface area contributed by atoms with Gasteiger partial charge in [-0.15, -0.1) is 0 Å². The number of carboxylic acid groups (broad SMARTS) is 1. The van der Waals surface area contributed by atoms with Gasteiger partial charge in [0.1, 0.15) is 0 Å². The normalized spacial score (nSPS) is 12.9. The van der Waals surface area contributed by atoms with Gasteiger partial charge in [-0.1, -0.05) is 13.0 Å². The van der Waals surface area contributed by atoms with Gasteiger partial charge in [-0.3, -0.25) is 9.69 Å². The number of carboxylic acids is 1. The number of aliphatic carboxylic acids is 1. The lowest BCUT2D eigenvalue weighted by molar-refractivity contribution is -0.137. The lowest BCUT2D eigenvalue weighted by Crippen LogP contribution is -2.24. The van der Waals surface area contributed by atoms with E-state index in [-0.39, 0.29) is 6.42 Å². The Balaban J connectivity index is 1.82. The van der Waals surface area contributed by atoms with Gasteiger partial charge in [-0.2, -0.15) is 0 Å². The van der Waals surface area contributed by atoms with Crippen molar-refractivity contribution in [1.82, 2.24) is 4.90 Å². The molecule has 1 aliphatic rings. The van der Waals surface area contributed by atoms with Crippen LogP contribution in [0.1, 0.15) is 31.7 Å². The second-order valence-electron chi connectivity index (χ2n) is 4.91. The van der Waals surface area contributed by atoms with Crippen molar-refractivity contribution in [3.8, 4) is 11.5 Å². The van der Waals surface area contributed by atoms with Crippen LogP contribution in [0.25, 0.3) is 0 Å². The van der Waals surface area contributed by atoms with Crippen LogP contribution in [-0.4, -0.2) is 35.9 Å². The second-order valence-corrected chi connectivity index (χ2v) is 4.91. The highest BCUT2D eigenvalue weighted by atomic mass is 16.7. The fraction of sp³-hybridized carbons (Fsp3) is 0.533. The number of benzene rings is 1. The number of fused-ring (bicyclic) bond motifs is 1. The quantitative estimate of drug-likeness (QED) is 0.741. The SMILES string of the molecule is CCN(CCCCC(=O)O)Cc1ccc2c(c1)OCO2. The van der Waals surface area contributed by atoms with E-state index in [0.29, 0.717) is 6.79 Å². The van der Waals surface area contributed by atoms with E-state index in [9.17, 15) is 4.79 Å². The Hall–Kier alpha value is -1.75. The van der Waals surface area contributed by atoms with Crippen molar-refractivity contribution in [3.63, 3.8) is 0 Å². The van der Waals surface area contributed by atoms with Gasteiger partial charge in [0.05, 0.1) is 0 Å². The van der Waals surface area contributed by atoms with Crippen LogP contribution in [0.3, 0.4) is 0 Å². The fourth-order valence-corrected chi connectivity index (χ4v) is 2.26. The zero-order chi connectivity index (χ0) is 14.4. The molecule has 0 amide bonds.